The summed E-state index contributed by atoms with van der Waals surface area (Å²) in [6.07, 6.45) is 2.84. The minimum absolute atomic E-state index is 0.0971. The number of amides is 3. The van der Waals surface area contributed by atoms with E-state index in [0.29, 0.717) is 17.7 Å². The molecule has 2 aliphatic heterocycles. The van der Waals surface area contributed by atoms with Gasteiger partial charge in [0.1, 0.15) is 12.6 Å². The molecule has 8 nitrogen and oxygen atoms in total. The highest BCUT2D eigenvalue weighted by molar-refractivity contribution is 6.21. The van der Waals surface area contributed by atoms with Crippen molar-refractivity contribution in [2.45, 2.75) is 44.9 Å². The lowest BCUT2D eigenvalue weighted by Gasteiger charge is -2.32. The molecule has 0 atom stereocenters. The van der Waals surface area contributed by atoms with Gasteiger partial charge in [0.15, 0.2) is 0 Å². The minimum Gasteiger partial charge on any atom is -0.446 e. The Morgan fingerprint density at radius 1 is 0.750 bits per heavy atom. The van der Waals surface area contributed by atoms with Crippen molar-refractivity contribution in [1.82, 2.24) is 9.80 Å². The first kappa shape index (κ1) is 33.1. The smallest absolute Gasteiger partial charge is 0.411 e. The number of nitrogens with zero attached hydrogens (tertiary/aromatic N) is 3. The topological polar surface area (TPSA) is 79.0 Å². The lowest BCUT2D eigenvalue weighted by atomic mass is 10.0. The summed E-state index contributed by atoms with van der Waals surface area (Å²) < 4.78 is 6.65. The zero-order chi connectivity index (χ0) is 33.5. The van der Waals surface area contributed by atoms with Crippen LogP contribution in [0, 0.1) is 0 Å². The molecular weight excluding hydrogens is 600 g/mol. The van der Waals surface area contributed by atoms with Crippen LogP contribution in [0.5, 0.6) is 0 Å². The molecule has 0 radical (unpaired) electrons. The first-order chi connectivity index (χ1) is 23.3. The third-order valence-electron chi connectivity index (χ3n) is 9.37. The number of piperidine rings is 1. The van der Waals surface area contributed by atoms with Gasteiger partial charge >= 0.3 is 6.09 Å². The Balaban J connectivity index is 0.901. The standard InChI is InChI=1S/C40H44N4O4/c1-44(2,27-11-10-24-43-38(45)35-15-6-7-16-36(35)39(43)46)29-31-20-18-30(19-21-31)28-42-25-22-33(23-26-42)48-40(47)41-37-17-9-8-14-34(37)32-12-4-3-5-13-32/h3-9,12-21,33H,10-11,22-29H2,1-2H3/p+1. The van der Waals surface area contributed by atoms with Crippen LogP contribution in [0.3, 0.4) is 0 Å². The number of nitrogens with one attached hydrogen (secondary N) is 1. The van der Waals surface area contributed by atoms with Gasteiger partial charge in [-0.1, -0.05) is 84.9 Å². The fourth-order valence-corrected chi connectivity index (χ4v) is 6.77. The van der Waals surface area contributed by atoms with Gasteiger partial charge in [0.05, 0.1) is 37.5 Å². The molecule has 1 N–H and O–H groups in total. The second-order valence-electron chi connectivity index (χ2n) is 13.6. The Morgan fingerprint density at radius 3 is 2.00 bits per heavy atom. The number of para-hydroxylation sites is 1. The number of unbranched alkanes of at least 4 members (excludes halogenated alkanes) is 1. The summed E-state index contributed by atoms with van der Waals surface area (Å²) >= 11 is 0. The highest BCUT2D eigenvalue weighted by Crippen LogP contribution is 2.28. The minimum atomic E-state index is -0.406. The first-order valence-corrected chi connectivity index (χ1v) is 17.0. The van der Waals surface area contributed by atoms with E-state index in [-0.39, 0.29) is 17.9 Å². The molecular formula is C40H45N4O4+. The van der Waals surface area contributed by atoms with E-state index < -0.39 is 6.09 Å². The van der Waals surface area contributed by atoms with Crippen LogP contribution < -0.4 is 5.32 Å². The van der Waals surface area contributed by atoms with Crippen molar-refractivity contribution in [1.29, 1.82) is 0 Å². The number of carbonyl (C=O) groups is 3. The number of quaternary nitrogens is 1. The van der Waals surface area contributed by atoms with Crippen LogP contribution in [0.1, 0.15) is 57.5 Å². The average Bonchev–Trinajstić information content (AvgIpc) is 3.33. The number of hydrogen-bond donors (Lipinski definition) is 1. The van der Waals surface area contributed by atoms with Crippen LogP contribution in [0.15, 0.2) is 103 Å². The van der Waals surface area contributed by atoms with Crippen molar-refractivity contribution in [3.05, 3.63) is 125 Å². The Morgan fingerprint density at radius 2 is 1.33 bits per heavy atom. The van der Waals surface area contributed by atoms with Gasteiger partial charge in [-0.3, -0.25) is 24.7 Å². The van der Waals surface area contributed by atoms with Crippen molar-refractivity contribution in [2.24, 2.45) is 0 Å². The number of anilines is 1. The molecule has 4 aromatic carbocycles. The van der Waals surface area contributed by atoms with Gasteiger partial charge in [-0.2, -0.15) is 0 Å². The van der Waals surface area contributed by atoms with Crippen LogP contribution in [-0.4, -0.2) is 78.6 Å². The maximum Gasteiger partial charge on any atom is 0.411 e. The number of hydrogen-bond acceptors (Lipinski definition) is 5. The van der Waals surface area contributed by atoms with Crippen LogP contribution in [-0.2, 0) is 17.8 Å². The molecule has 1 fully saturated rings. The molecule has 248 valence electrons. The van der Waals surface area contributed by atoms with Crippen molar-refractivity contribution in [2.75, 3.05) is 45.6 Å². The predicted molar refractivity (Wildman–Crippen MR) is 188 cm³/mol. The maximum atomic E-state index is 12.8. The number of carbonyl (C=O) groups excluding carboxylic acids is 3. The monoisotopic (exact) mass is 645 g/mol. The SMILES string of the molecule is C[N+](C)(CCCCN1C(=O)c2ccccc2C1=O)Cc1ccc(CN2CCC(OC(=O)Nc3ccccc3-c3ccccc3)CC2)cc1. The van der Waals surface area contributed by atoms with Gasteiger partial charge in [-0.15, -0.1) is 0 Å². The summed E-state index contributed by atoms with van der Waals surface area (Å²) in [4.78, 5) is 41.9. The van der Waals surface area contributed by atoms with Crippen molar-refractivity contribution in [3.8, 4) is 11.1 Å². The fraction of sp³-hybridized carbons (Fsp3) is 0.325. The quantitative estimate of drug-likeness (QED) is 0.100. The molecule has 0 aromatic heterocycles. The number of benzene rings is 4. The molecule has 6 rings (SSSR count). The number of likely N-dealkylation sites (tertiary alicyclic amines) is 1. The Labute approximate surface area is 283 Å². The molecule has 0 saturated carbocycles. The molecule has 0 bridgehead atoms. The summed E-state index contributed by atoms with van der Waals surface area (Å²) in [5.41, 5.74) is 6.36. The molecule has 0 unspecified atom stereocenters. The summed E-state index contributed by atoms with van der Waals surface area (Å²) in [6.45, 7) is 4.96. The zero-order valence-corrected chi connectivity index (χ0v) is 27.9. The van der Waals surface area contributed by atoms with Crippen molar-refractivity contribution in [3.63, 3.8) is 0 Å². The van der Waals surface area contributed by atoms with Gasteiger partial charge in [-0.25, -0.2) is 4.79 Å². The second kappa shape index (κ2) is 15.0. The second-order valence-corrected chi connectivity index (χ2v) is 13.6. The summed E-state index contributed by atoms with van der Waals surface area (Å²) in [5, 5.41) is 2.96. The highest BCUT2D eigenvalue weighted by Gasteiger charge is 2.34. The van der Waals surface area contributed by atoms with Crippen LogP contribution in [0.2, 0.25) is 0 Å². The molecule has 1 saturated heterocycles. The average molecular weight is 646 g/mol. The largest absolute Gasteiger partial charge is 0.446 e. The molecule has 2 aliphatic rings. The van der Waals surface area contributed by atoms with E-state index in [4.69, 9.17) is 4.74 Å². The van der Waals surface area contributed by atoms with E-state index in [0.717, 1.165) is 79.7 Å². The van der Waals surface area contributed by atoms with Crippen LogP contribution in [0.4, 0.5) is 10.5 Å². The number of ether oxygens (including phenoxy) is 1. The van der Waals surface area contributed by atoms with Gasteiger partial charge < -0.3 is 9.22 Å². The van der Waals surface area contributed by atoms with Crippen molar-refractivity contribution < 1.29 is 23.6 Å². The highest BCUT2D eigenvalue weighted by atomic mass is 16.6. The van der Waals surface area contributed by atoms with E-state index in [9.17, 15) is 14.4 Å². The molecule has 0 spiro atoms. The molecule has 2 heterocycles. The van der Waals surface area contributed by atoms with Crippen molar-refractivity contribution >= 4 is 23.6 Å². The lowest BCUT2D eigenvalue weighted by Crippen LogP contribution is -2.40. The Kier molecular flexibility index (Phi) is 10.3. The molecule has 4 aromatic rings. The first-order valence-electron chi connectivity index (χ1n) is 17.0. The third kappa shape index (κ3) is 8.19. The Bertz CT molecular complexity index is 1690. The van der Waals surface area contributed by atoms with Gasteiger partial charge in [0.2, 0.25) is 0 Å². The maximum absolute atomic E-state index is 12.8. The van der Waals surface area contributed by atoms with E-state index >= 15 is 0 Å². The van der Waals surface area contributed by atoms with Crippen LogP contribution >= 0.6 is 0 Å². The number of rotatable bonds is 12. The molecule has 8 heteroatoms. The Hall–Kier alpha value is -4.79. The normalized spacial score (nSPS) is 15.4. The zero-order valence-electron chi connectivity index (χ0n) is 27.9. The van der Waals surface area contributed by atoms with E-state index in [1.54, 1.807) is 24.3 Å². The lowest BCUT2D eigenvalue weighted by molar-refractivity contribution is -0.903. The molecule has 0 aliphatic carbocycles. The van der Waals surface area contributed by atoms with E-state index in [2.05, 4.69) is 48.6 Å². The number of imide groups is 1. The summed E-state index contributed by atoms with van der Waals surface area (Å²) in [6, 6.07) is 33.8. The molecule has 3 amide bonds. The van der Waals surface area contributed by atoms with Gasteiger partial charge in [-0.05, 0) is 55.0 Å². The van der Waals surface area contributed by atoms with Gasteiger partial charge in [0.25, 0.3) is 11.8 Å². The van der Waals surface area contributed by atoms with E-state index in [1.807, 2.05) is 54.6 Å². The molecule has 48 heavy (non-hydrogen) atoms. The fourth-order valence-electron chi connectivity index (χ4n) is 6.77. The van der Waals surface area contributed by atoms with E-state index in [1.165, 1.54) is 16.0 Å². The number of fused-ring (bicyclic) bond motifs is 1. The van der Waals surface area contributed by atoms with Gasteiger partial charge in [0, 0.05) is 37.3 Å². The third-order valence-corrected chi connectivity index (χ3v) is 9.37. The summed E-state index contributed by atoms with van der Waals surface area (Å²) in [7, 11) is 4.45. The van der Waals surface area contributed by atoms with Crippen LogP contribution in [0.25, 0.3) is 11.1 Å². The summed E-state index contributed by atoms with van der Waals surface area (Å²) in [5.74, 6) is -0.350. The predicted octanol–water partition coefficient (Wildman–Crippen LogP) is 7.22.